The monoisotopic (exact) mass is 318 g/mol. The van der Waals surface area contributed by atoms with Crippen LogP contribution in [0.5, 0.6) is 5.75 Å². The Balaban J connectivity index is 1.93. The summed E-state index contributed by atoms with van der Waals surface area (Å²) in [6.45, 7) is 4.14. The Labute approximate surface area is 135 Å². The molecule has 0 atom stereocenters. The molecule has 3 N–H and O–H groups in total. The molecule has 2 aromatic rings. The first-order valence-electron chi connectivity index (χ1n) is 7.04. The molecule has 116 valence electrons. The van der Waals surface area contributed by atoms with E-state index >= 15 is 0 Å². The predicted octanol–water partition coefficient (Wildman–Crippen LogP) is 4.06. The van der Waals surface area contributed by atoms with Crippen LogP contribution in [0, 0.1) is 0 Å². The fourth-order valence-electron chi connectivity index (χ4n) is 1.95. The fraction of sp³-hybridized carbons (Fsp3) is 0.235. The van der Waals surface area contributed by atoms with Gasteiger partial charge in [0, 0.05) is 0 Å². The molecule has 0 spiro atoms. The number of amides is 1. The first-order valence-corrected chi connectivity index (χ1v) is 7.41. The highest BCUT2D eigenvalue weighted by atomic mass is 35.5. The number of nitrogens with one attached hydrogen (secondary N) is 1. The lowest BCUT2D eigenvalue weighted by Gasteiger charge is -2.11. The van der Waals surface area contributed by atoms with Gasteiger partial charge >= 0.3 is 0 Å². The van der Waals surface area contributed by atoms with E-state index < -0.39 is 0 Å². The number of carbonyl (C=O) groups excluding carboxylic acids is 1. The van der Waals surface area contributed by atoms with Gasteiger partial charge < -0.3 is 15.8 Å². The van der Waals surface area contributed by atoms with Crippen molar-refractivity contribution in [2.75, 3.05) is 17.7 Å². The van der Waals surface area contributed by atoms with E-state index in [1.807, 2.05) is 24.3 Å². The molecule has 0 aliphatic carbocycles. The Kier molecular flexibility index (Phi) is 5.28. The van der Waals surface area contributed by atoms with Crippen LogP contribution in [0.25, 0.3) is 0 Å². The lowest BCUT2D eigenvalue weighted by atomic mass is 10.0. The maximum Gasteiger partial charge on any atom is 0.262 e. The molecule has 0 saturated carbocycles. The highest BCUT2D eigenvalue weighted by molar-refractivity contribution is 6.34. The van der Waals surface area contributed by atoms with Crippen LogP contribution >= 0.6 is 11.6 Å². The van der Waals surface area contributed by atoms with Crippen molar-refractivity contribution in [1.82, 2.24) is 0 Å². The van der Waals surface area contributed by atoms with E-state index in [-0.39, 0.29) is 12.5 Å². The van der Waals surface area contributed by atoms with E-state index in [1.54, 1.807) is 18.2 Å². The third-order valence-electron chi connectivity index (χ3n) is 3.23. The topological polar surface area (TPSA) is 64.3 Å². The first-order chi connectivity index (χ1) is 10.5. The molecule has 2 rings (SSSR count). The quantitative estimate of drug-likeness (QED) is 0.817. The van der Waals surface area contributed by atoms with Gasteiger partial charge in [-0.1, -0.05) is 43.6 Å². The van der Waals surface area contributed by atoms with E-state index in [0.29, 0.717) is 28.1 Å². The van der Waals surface area contributed by atoms with Crippen LogP contribution in [0.1, 0.15) is 25.3 Å². The standard InChI is InChI=1S/C17H19ClN2O2/c1-11(2)12-6-8-13(9-7-12)22-10-16(21)20-17-14(18)4-3-5-15(17)19/h3-9,11H,10,19H2,1-2H3,(H,20,21). The normalized spacial score (nSPS) is 10.5. The number of carbonyl (C=O) groups is 1. The SMILES string of the molecule is CC(C)c1ccc(OCC(=O)Nc2c(N)cccc2Cl)cc1. The van der Waals surface area contributed by atoms with E-state index in [9.17, 15) is 4.79 Å². The molecule has 2 aromatic carbocycles. The molecule has 0 fully saturated rings. The second-order valence-corrected chi connectivity index (χ2v) is 5.67. The number of ether oxygens (including phenoxy) is 1. The van der Waals surface area contributed by atoms with Crippen LogP contribution in [-0.4, -0.2) is 12.5 Å². The fourth-order valence-corrected chi connectivity index (χ4v) is 2.18. The Morgan fingerprint density at radius 1 is 1.23 bits per heavy atom. The summed E-state index contributed by atoms with van der Waals surface area (Å²) in [7, 11) is 0. The van der Waals surface area contributed by atoms with Crippen molar-refractivity contribution in [3.8, 4) is 5.75 Å². The molecule has 0 aliphatic heterocycles. The van der Waals surface area contributed by atoms with Crippen LogP contribution in [0.3, 0.4) is 0 Å². The molecular formula is C17H19ClN2O2. The van der Waals surface area contributed by atoms with Crippen LogP contribution in [0.2, 0.25) is 5.02 Å². The minimum absolute atomic E-state index is 0.105. The maximum absolute atomic E-state index is 11.9. The Morgan fingerprint density at radius 2 is 1.91 bits per heavy atom. The molecular weight excluding hydrogens is 300 g/mol. The summed E-state index contributed by atoms with van der Waals surface area (Å²) in [5.74, 6) is 0.792. The largest absolute Gasteiger partial charge is 0.484 e. The van der Waals surface area contributed by atoms with Crippen LogP contribution < -0.4 is 15.8 Å². The molecule has 0 bridgehead atoms. The summed E-state index contributed by atoms with van der Waals surface area (Å²) in [5, 5.41) is 3.06. The Hall–Kier alpha value is -2.20. The third kappa shape index (κ3) is 4.15. The number of para-hydroxylation sites is 1. The van der Waals surface area contributed by atoms with Gasteiger partial charge in [0.2, 0.25) is 0 Å². The lowest BCUT2D eigenvalue weighted by Crippen LogP contribution is -2.21. The molecule has 0 unspecified atom stereocenters. The number of nitrogens with two attached hydrogens (primary N) is 1. The zero-order valence-corrected chi connectivity index (χ0v) is 13.4. The smallest absolute Gasteiger partial charge is 0.262 e. The van der Waals surface area contributed by atoms with Crippen molar-refractivity contribution >= 4 is 28.9 Å². The minimum Gasteiger partial charge on any atom is -0.484 e. The van der Waals surface area contributed by atoms with E-state index in [2.05, 4.69) is 19.2 Å². The van der Waals surface area contributed by atoms with E-state index in [4.69, 9.17) is 22.1 Å². The molecule has 0 radical (unpaired) electrons. The number of rotatable bonds is 5. The van der Waals surface area contributed by atoms with Gasteiger partial charge in [-0.05, 0) is 35.7 Å². The predicted molar refractivity (Wildman–Crippen MR) is 90.5 cm³/mol. The number of hydrogen-bond donors (Lipinski definition) is 2. The van der Waals surface area contributed by atoms with E-state index in [1.165, 1.54) is 5.56 Å². The van der Waals surface area contributed by atoms with Gasteiger partial charge in [0.25, 0.3) is 5.91 Å². The number of anilines is 2. The highest BCUT2D eigenvalue weighted by Gasteiger charge is 2.09. The minimum atomic E-state index is -0.312. The van der Waals surface area contributed by atoms with E-state index in [0.717, 1.165) is 0 Å². The average Bonchev–Trinajstić information content (AvgIpc) is 2.49. The van der Waals surface area contributed by atoms with Gasteiger partial charge in [-0.25, -0.2) is 0 Å². The molecule has 22 heavy (non-hydrogen) atoms. The van der Waals surface area contributed by atoms with Crippen molar-refractivity contribution in [2.24, 2.45) is 0 Å². The summed E-state index contributed by atoms with van der Waals surface area (Å²) in [6, 6.07) is 12.7. The van der Waals surface area contributed by atoms with Crippen molar-refractivity contribution in [3.63, 3.8) is 0 Å². The highest BCUT2D eigenvalue weighted by Crippen LogP contribution is 2.27. The zero-order valence-electron chi connectivity index (χ0n) is 12.6. The number of nitrogen functional groups attached to an aromatic ring is 1. The summed E-state index contributed by atoms with van der Waals surface area (Å²) in [5.41, 5.74) is 7.83. The second kappa shape index (κ2) is 7.18. The van der Waals surface area contributed by atoms with Crippen LogP contribution in [0.4, 0.5) is 11.4 Å². The third-order valence-corrected chi connectivity index (χ3v) is 3.54. The van der Waals surface area contributed by atoms with Gasteiger partial charge in [0.05, 0.1) is 16.4 Å². The summed E-state index contributed by atoms with van der Waals surface area (Å²) in [4.78, 5) is 11.9. The Bertz CT molecular complexity index is 634. The summed E-state index contributed by atoms with van der Waals surface area (Å²) >= 11 is 6.00. The summed E-state index contributed by atoms with van der Waals surface area (Å²) < 4.78 is 5.46. The van der Waals surface area contributed by atoms with Crippen LogP contribution in [-0.2, 0) is 4.79 Å². The number of halogens is 1. The van der Waals surface area contributed by atoms with Crippen molar-refractivity contribution in [2.45, 2.75) is 19.8 Å². The molecule has 0 aromatic heterocycles. The summed E-state index contributed by atoms with van der Waals surface area (Å²) in [6.07, 6.45) is 0. The molecule has 0 aliphatic rings. The average molecular weight is 319 g/mol. The van der Waals surface area contributed by atoms with Gasteiger partial charge in [0.1, 0.15) is 5.75 Å². The van der Waals surface area contributed by atoms with Crippen molar-refractivity contribution < 1.29 is 9.53 Å². The maximum atomic E-state index is 11.9. The molecule has 0 saturated heterocycles. The number of hydrogen-bond acceptors (Lipinski definition) is 3. The van der Waals surface area contributed by atoms with Gasteiger partial charge in [-0.2, -0.15) is 0 Å². The Morgan fingerprint density at radius 3 is 2.50 bits per heavy atom. The number of benzene rings is 2. The second-order valence-electron chi connectivity index (χ2n) is 5.26. The molecule has 1 amide bonds. The molecule has 5 heteroatoms. The first kappa shape index (κ1) is 16.2. The van der Waals surface area contributed by atoms with Gasteiger partial charge in [0.15, 0.2) is 6.61 Å². The van der Waals surface area contributed by atoms with Crippen LogP contribution in [0.15, 0.2) is 42.5 Å². The van der Waals surface area contributed by atoms with Crippen molar-refractivity contribution in [3.05, 3.63) is 53.1 Å². The molecule has 4 nitrogen and oxygen atoms in total. The van der Waals surface area contributed by atoms with Crippen molar-refractivity contribution in [1.29, 1.82) is 0 Å². The van der Waals surface area contributed by atoms with Gasteiger partial charge in [-0.3, -0.25) is 4.79 Å². The zero-order chi connectivity index (χ0) is 16.1. The lowest BCUT2D eigenvalue weighted by molar-refractivity contribution is -0.118. The van der Waals surface area contributed by atoms with Gasteiger partial charge in [-0.15, -0.1) is 0 Å². The molecule has 0 heterocycles.